The fraction of sp³-hybridized carbons (Fsp3) is 1.00. The summed E-state index contributed by atoms with van der Waals surface area (Å²) >= 11 is 0. The largest absolute Gasteiger partial charge is 0.389 e. The summed E-state index contributed by atoms with van der Waals surface area (Å²) in [5.41, 5.74) is -0.545. The number of ether oxygens (including phenoxy) is 1. The van der Waals surface area contributed by atoms with Gasteiger partial charge in [-0.05, 0) is 26.8 Å². The lowest BCUT2D eigenvalue weighted by Gasteiger charge is -2.33. The van der Waals surface area contributed by atoms with Gasteiger partial charge in [-0.15, -0.1) is 0 Å². The summed E-state index contributed by atoms with van der Waals surface area (Å²) < 4.78 is 5.08. The van der Waals surface area contributed by atoms with E-state index in [1.807, 2.05) is 20.9 Å². The van der Waals surface area contributed by atoms with E-state index in [9.17, 15) is 5.11 Å². The molecule has 14 heavy (non-hydrogen) atoms. The zero-order chi connectivity index (χ0) is 11.2. The molecular formula is C11H25NO2. The van der Waals surface area contributed by atoms with Crippen molar-refractivity contribution in [1.29, 1.82) is 0 Å². The number of hydrogen-bond acceptors (Lipinski definition) is 3. The predicted molar refractivity (Wildman–Crippen MR) is 59.5 cm³/mol. The summed E-state index contributed by atoms with van der Waals surface area (Å²) in [5, 5.41) is 10.1. The van der Waals surface area contributed by atoms with Crippen LogP contribution in [0.4, 0.5) is 0 Å². The maximum atomic E-state index is 10.1. The number of likely N-dealkylation sites (N-methyl/N-ethyl adjacent to an activating group) is 1. The van der Waals surface area contributed by atoms with Crippen molar-refractivity contribution in [3.05, 3.63) is 0 Å². The SMILES string of the molecule is CCC(O)(CC)CN(C)C(C)COC. The van der Waals surface area contributed by atoms with E-state index in [4.69, 9.17) is 4.74 Å². The molecule has 0 saturated heterocycles. The Labute approximate surface area is 88.1 Å². The molecule has 1 unspecified atom stereocenters. The Morgan fingerprint density at radius 1 is 1.36 bits per heavy atom. The zero-order valence-electron chi connectivity index (χ0n) is 10.2. The van der Waals surface area contributed by atoms with E-state index in [1.54, 1.807) is 7.11 Å². The van der Waals surface area contributed by atoms with Crippen molar-refractivity contribution in [2.24, 2.45) is 0 Å². The Hall–Kier alpha value is -0.120. The molecule has 0 aromatic rings. The summed E-state index contributed by atoms with van der Waals surface area (Å²) in [6, 6.07) is 0.352. The summed E-state index contributed by atoms with van der Waals surface area (Å²) in [6.07, 6.45) is 1.60. The average Bonchev–Trinajstić information content (AvgIpc) is 2.18. The molecule has 0 aliphatic rings. The van der Waals surface area contributed by atoms with Crippen LogP contribution in [0.5, 0.6) is 0 Å². The van der Waals surface area contributed by atoms with E-state index in [1.165, 1.54) is 0 Å². The van der Waals surface area contributed by atoms with E-state index >= 15 is 0 Å². The van der Waals surface area contributed by atoms with Gasteiger partial charge in [-0.1, -0.05) is 13.8 Å². The molecule has 86 valence electrons. The normalized spacial score (nSPS) is 14.8. The molecule has 0 aromatic heterocycles. The molecule has 0 fully saturated rings. The molecular weight excluding hydrogens is 178 g/mol. The highest BCUT2D eigenvalue weighted by atomic mass is 16.5. The first kappa shape index (κ1) is 13.9. The molecule has 0 aromatic carbocycles. The monoisotopic (exact) mass is 203 g/mol. The van der Waals surface area contributed by atoms with Crippen LogP contribution in [0, 0.1) is 0 Å². The van der Waals surface area contributed by atoms with Crippen LogP contribution in [0.15, 0.2) is 0 Å². The zero-order valence-corrected chi connectivity index (χ0v) is 10.2. The van der Waals surface area contributed by atoms with Crippen LogP contribution >= 0.6 is 0 Å². The van der Waals surface area contributed by atoms with Crippen molar-refractivity contribution < 1.29 is 9.84 Å². The van der Waals surface area contributed by atoms with Gasteiger partial charge in [0.15, 0.2) is 0 Å². The van der Waals surface area contributed by atoms with Gasteiger partial charge in [0, 0.05) is 19.7 Å². The second-order valence-electron chi connectivity index (χ2n) is 4.15. The van der Waals surface area contributed by atoms with Crippen LogP contribution in [-0.2, 0) is 4.74 Å². The first-order chi connectivity index (χ1) is 6.49. The molecule has 1 N–H and O–H groups in total. The van der Waals surface area contributed by atoms with E-state index < -0.39 is 5.60 Å². The highest BCUT2D eigenvalue weighted by molar-refractivity contribution is 4.80. The maximum Gasteiger partial charge on any atom is 0.0768 e. The fourth-order valence-electron chi connectivity index (χ4n) is 1.46. The van der Waals surface area contributed by atoms with Crippen LogP contribution in [0.25, 0.3) is 0 Å². The third-order valence-electron chi connectivity index (χ3n) is 3.02. The summed E-state index contributed by atoms with van der Waals surface area (Å²) in [6.45, 7) is 7.58. The van der Waals surface area contributed by atoms with Crippen molar-refractivity contribution in [1.82, 2.24) is 4.90 Å². The van der Waals surface area contributed by atoms with Crippen LogP contribution in [0.1, 0.15) is 33.6 Å². The standard InChI is InChI=1S/C11H25NO2/c1-6-11(13,7-2)9-12(4)10(3)8-14-5/h10,13H,6-9H2,1-5H3. The summed E-state index contributed by atoms with van der Waals surface area (Å²) in [4.78, 5) is 2.15. The number of rotatable bonds is 7. The molecule has 0 heterocycles. The number of hydrogen-bond donors (Lipinski definition) is 1. The van der Waals surface area contributed by atoms with Crippen molar-refractivity contribution >= 4 is 0 Å². The minimum absolute atomic E-state index is 0.352. The maximum absolute atomic E-state index is 10.1. The predicted octanol–water partition coefficient (Wildman–Crippen LogP) is 1.50. The third kappa shape index (κ3) is 4.40. The first-order valence-electron chi connectivity index (χ1n) is 5.40. The van der Waals surface area contributed by atoms with Crippen LogP contribution in [0.2, 0.25) is 0 Å². The molecule has 3 nitrogen and oxygen atoms in total. The molecule has 0 rings (SSSR count). The third-order valence-corrected chi connectivity index (χ3v) is 3.02. The Morgan fingerprint density at radius 2 is 1.86 bits per heavy atom. The van der Waals surface area contributed by atoms with Crippen molar-refractivity contribution in [3.8, 4) is 0 Å². The Bertz CT molecular complexity index is 146. The second kappa shape index (κ2) is 6.38. The van der Waals surface area contributed by atoms with E-state index in [0.29, 0.717) is 19.2 Å². The van der Waals surface area contributed by atoms with E-state index in [0.717, 1.165) is 12.8 Å². The number of aliphatic hydroxyl groups is 1. The molecule has 0 bridgehead atoms. The smallest absolute Gasteiger partial charge is 0.0768 e. The summed E-state index contributed by atoms with van der Waals surface area (Å²) in [5.74, 6) is 0. The number of methoxy groups -OCH3 is 1. The van der Waals surface area contributed by atoms with Crippen LogP contribution in [0.3, 0.4) is 0 Å². The minimum Gasteiger partial charge on any atom is -0.389 e. The molecule has 0 aliphatic heterocycles. The van der Waals surface area contributed by atoms with Gasteiger partial charge in [-0.25, -0.2) is 0 Å². The lowest BCUT2D eigenvalue weighted by atomic mass is 9.96. The summed E-state index contributed by atoms with van der Waals surface area (Å²) in [7, 11) is 3.73. The molecule has 0 amide bonds. The van der Waals surface area contributed by atoms with Gasteiger partial charge in [-0.2, -0.15) is 0 Å². The van der Waals surface area contributed by atoms with Crippen molar-refractivity contribution in [2.45, 2.75) is 45.3 Å². The van der Waals surface area contributed by atoms with Crippen molar-refractivity contribution in [3.63, 3.8) is 0 Å². The average molecular weight is 203 g/mol. The molecule has 0 radical (unpaired) electrons. The van der Waals surface area contributed by atoms with Gasteiger partial charge in [0.1, 0.15) is 0 Å². The molecule has 0 saturated carbocycles. The highest BCUT2D eigenvalue weighted by Crippen LogP contribution is 2.16. The van der Waals surface area contributed by atoms with Crippen LogP contribution < -0.4 is 0 Å². The fourth-order valence-corrected chi connectivity index (χ4v) is 1.46. The number of nitrogens with zero attached hydrogens (tertiary/aromatic N) is 1. The first-order valence-corrected chi connectivity index (χ1v) is 5.40. The molecule has 1 atom stereocenters. The molecule has 0 spiro atoms. The molecule has 3 heteroatoms. The molecule has 0 aliphatic carbocycles. The Balaban J connectivity index is 4.07. The van der Waals surface area contributed by atoms with Crippen molar-refractivity contribution in [2.75, 3.05) is 27.3 Å². The topological polar surface area (TPSA) is 32.7 Å². The van der Waals surface area contributed by atoms with E-state index in [-0.39, 0.29) is 0 Å². The lowest BCUT2D eigenvalue weighted by Crippen LogP contribution is -2.45. The van der Waals surface area contributed by atoms with Gasteiger partial charge < -0.3 is 9.84 Å². The van der Waals surface area contributed by atoms with Gasteiger partial charge in [-0.3, -0.25) is 4.90 Å². The Kier molecular flexibility index (Phi) is 6.33. The van der Waals surface area contributed by atoms with Gasteiger partial charge in [0.25, 0.3) is 0 Å². The van der Waals surface area contributed by atoms with Gasteiger partial charge in [0.05, 0.1) is 12.2 Å². The lowest BCUT2D eigenvalue weighted by molar-refractivity contribution is -0.0138. The van der Waals surface area contributed by atoms with Gasteiger partial charge in [0.2, 0.25) is 0 Å². The van der Waals surface area contributed by atoms with Crippen LogP contribution in [-0.4, -0.2) is 49.0 Å². The quantitative estimate of drug-likeness (QED) is 0.680. The highest BCUT2D eigenvalue weighted by Gasteiger charge is 2.25. The second-order valence-corrected chi connectivity index (χ2v) is 4.15. The van der Waals surface area contributed by atoms with E-state index in [2.05, 4.69) is 11.8 Å². The Morgan fingerprint density at radius 3 is 2.21 bits per heavy atom. The van der Waals surface area contributed by atoms with Gasteiger partial charge >= 0.3 is 0 Å². The minimum atomic E-state index is -0.545.